The predicted octanol–water partition coefficient (Wildman–Crippen LogP) is 1.17. The highest BCUT2D eigenvalue weighted by Crippen LogP contribution is 2.35. The van der Waals surface area contributed by atoms with Gasteiger partial charge in [-0.3, -0.25) is 4.79 Å². The van der Waals surface area contributed by atoms with Crippen molar-refractivity contribution in [2.75, 3.05) is 0 Å². The fraction of sp³-hybridized carbons (Fsp3) is 0.600. The minimum absolute atomic E-state index is 0.100. The zero-order chi connectivity index (χ0) is 19.1. The summed E-state index contributed by atoms with van der Waals surface area (Å²) in [6, 6.07) is 2.41. The molecule has 1 atom stereocenters. The Hall–Kier alpha value is -2.27. The van der Waals surface area contributed by atoms with Crippen molar-refractivity contribution < 1.29 is 17.6 Å². The average molecular weight is 382 g/mol. The maximum Gasteiger partial charge on any atom is 0.287 e. The summed E-state index contributed by atoms with van der Waals surface area (Å²) in [5.41, 5.74) is -0.664. The molecule has 11 heteroatoms. The number of sulfonamides is 1. The van der Waals surface area contributed by atoms with E-state index in [0.29, 0.717) is 5.82 Å². The smallest absolute Gasteiger partial charge is 0.287 e. The van der Waals surface area contributed by atoms with Gasteiger partial charge >= 0.3 is 0 Å². The van der Waals surface area contributed by atoms with Gasteiger partial charge in [-0.05, 0) is 63.1 Å². The Morgan fingerprint density at radius 3 is 2.65 bits per heavy atom. The van der Waals surface area contributed by atoms with E-state index in [0.717, 1.165) is 12.8 Å². The molecule has 142 valence electrons. The van der Waals surface area contributed by atoms with Crippen molar-refractivity contribution in [3.05, 3.63) is 23.7 Å². The van der Waals surface area contributed by atoms with E-state index < -0.39 is 27.5 Å². The van der Waals surface area contributed by atoms with Gasteiger partial charge in [0.05, 0.1) is 12.1 Å². The summed E-state index contributed by atoms with van der Waals surface area (Å²) < 4.78 is 33.9. The average Bonchev–Trinajstić information content (AvgIpc) is 3.03. The Morgan fingerprint density at radius 2 is 2.04 bits per heavy atom. The fourth-order valence-electron chi connectivity index (χ4n) is 2.44. The van der Waals surface area contributed by atoms with Crippen molar-refractivity contribution in [2.24, 2.45) is 0 Å². The lowest BCUT2D eigenvalue weighted by atomic mass is 10.1. The molecule has 3 rings (SSSR count). The second-order valence-corrected chi connectivity index (χ2v) is 9.00. The van der Waals surface area contributed by atoms with Crippen LogP contribution in [0.25, 0.3) is 0 Å². The molecule has 0 saturated heterocycles. The molecule has 2 aromatic rings. The summed E-state index contributed by atoms with van der Waals surface area (Å²) in [4.78, 5) is 12.4. The van der Waals surface area contributed by atoms with E-state index in [9.17, 15) is 13.2 Å². The molecule has 2 aromatic heterocycles. The highest BCUT2D eigenvalue weighted by Gasteiger charge is 2.31. The van der Waals surface area contributed by atoms with Gasteiger partial charge in [-0.25, -0.2) is 17.8 Å². The molecule has 2 heterocycles. The number of rotatable bonds is 6. The first-order valence-electron chi connectivity index (χ1n) is 8.29. The molecular weight excluding hydrogens is 360 g/mol. The lowest BCUT2D eigenvalue weighted by Gasteiger charge is -2.19. The molecule has 0 aromatic carbocycles. The maximum absolute atomic E-state index is 12.4. The van der Waals surface area contributed by atoms with Crippen LogP contribution in [-0.2, 0) is 10.0 Å². The van der Waals surface area contributed by atoms with Gasteiger partial charge in [0.2, 0.25) is 5.09 Å². The van der Waals surface area contributed by atoms with Crippen molar-refractivity contribution in [1.29, 1.82) is 0 Å². The van der Waals surface area contributed by atoms with Gasteiger partial charge in [-0.1, -0.05) is 0 Å². The lowest BCUT2D eigenvalue weighted by molar-refractivity contribution is 0.0904. The van der Waals surface area contributed by atoms with Crippen LogP contribution in [0.5, 0.6) is 0 Å². The van der Waals surface area contributed by atoms with E-state index in [1.165, 1.54) is 12.1 Å². The number of amides is 1. The SMILES string of the molecule is C[C@H](NC(=O)c1ccc(S(=O)(=O)NC(C)(C)C)o1)c1nnnn1C1CC1. The third-order valence-electron chi connectivity index (χ3n) is 3.66. The second kappa shape index (κ2) is 6.47. The van der Waals surface area contributed by atoms with Gasteiger partial charge in [0.1, 0.15) is 0 Å². The van der Waals surface area contributed by atoms with Gasteiger partial charge in [0, 0.05) is 5.54 Å². The molecule has 1 saturated carbocycles. The van der Waals surface area contributed by atoms with Crippen LogP contribution in [0, 0.1) is 0 Å². The van der Waals surface area contributed by atoms with Crippen LogP contribution in [0.4, 0.5) is 0 Å². The van der Waals surface area contributed by atoms with Crippen LogP contribution in [0.2, 0.25) is 0 Å². The molecule has 0 bridgehead atoms. The first-order chi connectivity index (χ1) is 12.1. The maximum atomic E-state index is 12.4. The van der Waals surface area contributed by atoms with Crippen LogP contribution < -0.4 is 10.0 Å². The molecule has 0 spiro atoms. The quantitative estimate of drug-likeness (QED) is 0.766. The Morgan fingerprint density at radius 1 is 1.35 bits per heavy atom. The number of carbonyl (C=O) groups excluding carboxylic acids is 1. The van der Waals surface area contributed by atoms with Gasteiger partial charge < -0.3 is 9.73 Å². The Labute approximate surface area is 151 Å². The van der Waals surface area contributed by atoms with Crippen molar-refractivity contribution in [2.45, 2.75) is 63.3 Å². The molecule has 2 N–H and O–H groups in total. The second-order valence-electron chi connectivity index (χ2n) is 7.38. The van der Waals surface area contributed by atoms with E-state index >= 15 is 0 Å². The summed E-state index contributed by atoms with van der Waals surface area (Å²) in [5.74, 6) is -0.0914. The van der Waals surface area contributed by atoms with E-state index in [-0.39, 0.29) is 16.9 Å². The number of hydrogen-bond donors (Lipinski definition) is 2. The Balaban J connectivity index is 1.71. The minimum Gasteiger partial charge on any atom is -0.438 e. The first kappa shape index (κ1) is 18.5. The van der Waals surface area contributed by atoms with Crippen LogP contribution in [-0.4, -0.2) is 40.1 Å². The highest BCUT2D eigenvalue weighted by molar-refractivity contribution is 7.89. The number of nitrogens with one attached hydrogen (secondary N) is 2. The summed E-state index contributed by atoms with van der Waals surface area (Å²) >= 11 is 0. The third kappa shape index (κ3) is 4.10. The van der Waals surface area contributed by atoms with E-state index in [2.05, 4.69) is 25.6 Å². The van der Waals surface area contributed by atoms with Crippen LogP contribution in [0.15, 0.2) is 21.6 Å². The number of nitrogens with zero attached hydrogens (tertiary/aromatic N) is 4. The molecule has 10 nitrogen and oxygen atoms in total. The van der Waals surface area contributed by atoms with Gasteiger partial charge in [-0.15, -0.1) is 5.10 Å². The molecule has 1 aliphatic carbocycles. The lowest BCUT2D eigenvalue weighted by Crippen LogP contribution is -2.40. The summed E-state index contributed by atoms with van der Waals surface area (Å²) in [6.07, 6.45) is 2.03. The van der Waals surface area contributed by atoms with Crippen molar-refractivity contribution in [3.8, 4) is 0 Å². The first-order valence-corrected chi connectivity index (χ1v) is 9.77. The largest absolute Gasteiger partial charge is 0.438 e. The molecule has 1 amide bonds. The monoisotopic (exact) mass is 382 g/mol. The van der Waals surface area contributed by atoms with Gasteiger partial charge in [-0.2, -0.15) is 0 Å². The molecule has 0 unspecified atom stereocenters. The molecular formula is C15H22N6O4S. The molecule has 1 aliphatic rings. The van der Waals surface area contributed by atoms with Crippen molar-refractivity contribution >= 4 is 15.9 Å². The third-order valence-corrected chi connectivity index (χ3v) is 5.29. The van der Waals surface area contributed by atoms with Crippen LogP contribution in [0.1, 0.15) is 69.0 Å². The summed E-state index contributed by atoms with van der Waals surface area (Å²) in [7, 11) is -3.85. The zero-order valence-electron chi connectivity index (χ0n) is 15.1. The van der Waals surface area contributed by atoms with Crippen LogP contribution >= 0.6 is 0 Å². The van der Waals surface area contributed by atoms with Gasteiger partial charge in [0.15, 0.2) is 11.6 Å². The van der Waals surface area contributed by atoms with E-state index in [4.69, 9.17) is 4.42 Å². The number of aromatic nitrogens is 4. The van der Waals surface area contributed by atoms with Crippen LogP contribution in [0.3, 0.4) is 0 Å². The fourth-order valence-corrected chi connectivity index (χ4v) is 3.79. The number of tetrazole rings is 1. The Kier molecular flexibility index (Phi) is 4.61. The summed E-state index contributed by atoms with van der Waals surface area (Å²) in [6.45, 7) is 6.90. The number of carbonyl (C=O) groups is 1. The van der Waals surface area contributed by atoms with Gasteiger partial charge in [0.25, 0.3) is 15.9 Å². The predicted molar refractivity (Wildman–Crippen MR) is 90.8 cm³/mol. The van der Waals surface area contributed by atoms with E-state index in [1.807, 2.05) is 0 Å². The zero-order valence-corrected chi connectivity index (χ0v) is 15.9. The minimum atomic E-state index is -3.85. The normalized spacial score (nSPS) is 16.5. The number of furan rings is 1. The molecule has 0 radical (unpaired) electrons. The Bertz CT molecular complexity index is 907. The number of hydrogen-bond acceptors (Lipinski definition) is 7. The molecule has 1 fully saturated rings. The van der Waals surface area contributed by atoms with E-state index in [1.54, 1.807) is 32.4 Å². The van der Waals surface area contributed by atoms with Crippen molar-refractivity contribution in [3.63, 3.8) is 0 Å². The highest BCUT2D eigenvalue weighted by atomic mass is 32.2. The standard InChI is InChI=1S/C15H22N6O4S/c1-9(13-17-19-20-21(13)10-5-6-10)16-14(22)11-7-8-12(25-11)26(23,24)18-15(2,3)4/h7-10,18H,5-6H2,1-4H3,(H,16,22)/t9-/m0/s1. The summed E-state index contributed by atoms with van der Waals surface area (Å²) in [5, 5.41) is 14.0. The topological polar surface area (TPSA) is 132 Å². The van der Waals surface area contributed by atoms with Crippen molar-refractivity contribution in [1.82, 2.24) is 30.2 Å². The molecule has 26 heavy (non-hydrogen) atoms. The molecule has 0 aliphatic heterocycles.